The Morgan fingerprint density at radius 1 is 1.41 bits per heavy atom. The molecule has 0 aromatic carbocycles. The minimum absolute atomic E-state index is 0.0784. The minimum atomic E-state index is -1.07. The van der Waals surface area contributed by atoms with Gasteiger partial charge in [0.15, 0.2) is 23.4 Å². The fraction of sp³-hybridized carbons (Fsp3) is 0.333. The molecular formula is C18H17FN6O4. The van der Waals surface area contributed by atoms with E-state index in [0.29, 0.717) is 29.4 Å². The number of amides is 1. The molecule has 2 N–H and O–H groups in total. The molecule has 0 aliphatic carbocycles. The van der Waals surface area contributed by atoms with E-state index in [-0.39, 0.29) is 24.0 Å². The molecule has 0 unspecified atom stereocenters. The zero-order valence-corrected chi connectivity index (χ0v) is 15.4. The molecule has 3 aromatic rings. The Kier molecular flexibility index (Phi) is 3.98. The lowest BCUT2D eigenvalue weighted by molar-refractivity contribution is 0.0634. The minimum Gasteiger partial charge on any atom is -0.486 e. The normalized spacial score (nSPS) is 20.9. The first-order chi connectivity index (χ1) is 14.0. The van der Waals surface area contributed by atoms with Crippen LogP contribution < -0.4 is 19.7 Å². The number of fused-ring (bicyclic) bond motifs is 1. The zero-order valence-electron chi connectivity index (χ0n) is 15.4. The summed E-state index contributed by atoms with van der Waals surface area (Å²) in [7, 11) is 0. The predicted octanol–water partition coefficient (Wildman–Crippen LogP) is 0.491. The van der Waals surface area contributed by atoms with Crippen LogP contribution in [0.15, 0.2) is 24.7 Å². The molecule has 5 heterocycles. The average Bonchev–Trinajstić information content (AvgIpc) is 3.12. The lowest BCUT2D eigenvalue weighted by Gasteiger charge is -2.36. The molecule has 3 aromatic heterocycles. The van der Waals surface area contributed by atoms with Crippen LogP contribution in [0.1, 0.15) is 22.8 Å². The van der Waals surface area contributed by atoms with Gasteiger partial charge in [-0.1, -0.05) is 0 Å². The van der Waals surface area contributed by atoms with Crippen molar-refractivity contribution in [3.05, 3.63) is 41.6 Å². The molecular weight excluding hydrogens is 383 g/mol. The van der Waals surface area contributed by atoms with Crippen LogP contribution in [-0.4, -0.2) is 56.1 Å². The number of aromatic nitrogens is 4. The van der Waals surface area contributed by atoms with Crippen molar-refractivity contribution in [1.82, 2.24) is 24.9 Å². The Balaban J connectivity index is 1.73. The quantitative estimate of drug-likeness (QED) is 0.607. The summed E-state index contributed by atoms with van der Waals surface area (Å²) in [6.45, 7) is 2.10. The molecule has 0 spiro atoms. The summed E-state index contributed by atoms with van der Waals surface area (Å²) >= 11 is 0. The molecule has 0 saturated carbocycles. The van der Waals surface area contributed by atoms with Crippen molar-refractivity contribution in [2.45, 2.75) is 25.7 Å². The maximum atomic E-state index is 13.9. The number of rotatable bonds is 1. The number of nitrogens with zero attached hydrogens (tertiary/aromatic N) is 5. The molecule has 0 radical (unpaired) electrons. The zero-order chi connectivity index (χ0) is 20.1. The Bertz CT molecular complexity index is 1120. The number of carbonyl (C=O) groups excluding carboxylic acids is 1. The van der Waals surface area contributed by atoms with Crippen molar-refractivity contribution in [2.75, 3.05) is 18.1 Å². The number of hydrogen-bond acceptors (Lipinski definition) is 8. The first-order valence-corrected chi connectivity index (χ1v) is 9.04. The van der Waals surface area contributed by atoms with Gasteiger partial charge in [0, 0.05) is 5.56 Å². The lowest BCUT2D eigenvalue weighted by Crippen LogP contribution is -2.44. The molecule has 0 saturated heterocycles. The summed E-state index contributed by atoms with van der Waals surface area (Å²) in [6.07, 6.45) is 2.99. The second kappa shape index (κ2) is 6.55. The van der Waals surface area contributed by atoms with Crippen LogP contribution in [0.2, 0.25) is 0 Å². The number of pyridine rings is 1. The van der Waals surface area contributed by atoms with Crippen LogP contribution in [-0.2, 0) is 6.54 Å². The summed E-state index contributed by atoms with van der Waals surface area (Å²) in [5.74, 6) is 0.0877. The number of halogens is 1. The van der Waals surface area contributed by atoms with Crippen LogP contribution in [0.4, 0.5) is 10.2 Å². The Morgan fingerprint density at radius 3 is 3.10 bits per heavy atom. The predicted molar refractivity (Wildman–Crippen MR) is 97.3 cm³/mol. The standard InChI is InChI=1S/C18H17FN6O4/c1-9-8-28-13-6-25-15-12(4-21-25)17(27)22-14(7-26)29-18-10(2-11(19)3-20-18)5-24(9)16(13)23-15/h2-4,6,9,14,26H,5,7-8H2,1H3,(H,22,27)/t9-,14-/m1/s1. The fourth-order valence-electron chi connectivity index (χ4n) is 3.44. The van der Waals surface area contributed by atoms with Gasteiger partial charge in [-0.2, -0.15) is 5.10 Å². The average molecular weight is 400 g/mol. The van der Waals surface area contributed by atoms with Crippen LogP contribution in [0.25, 0.3) is 5.65 Å². The van der Waals surface area contributed by atoms with Crippen molar-refractivity contribution >= 4 is 17.4 Å². The third-order valence-electron chi connectivity index (χ3n) is 4.91. The third-order valence-corrected chi connectivity index (χ3v) is 4.91. The van der Waals surface area contributed by atoms with Crippen molar-refractivity contribution in [3.63, 3.8) is 0 Å². The highest BCUT2D eigenvalue weighted by molar-refractivity contribution is 6.00. The second-order valence-electron chi connectivity index (χ2n) is 6.92. The summed E-state index contributed by atoms with van der Waals surface area (Å²) in [5.41, 5.74) is 1.01. The van der Waals surface area contributed by atoms with Gasteiger partial charge >= 0.3 is 0 Å². The van der Waals surface area contributed by atoms with E-state index in [9.17, 15) is 14.3 Å². The van der Waals surface area contributed by atoms with Crippen LogP contribution in [0, 0.1) is 5.82 Å². The van der Waals surface area contributed by atoms with E-state index >= 15 is 0 Å². The third kappa shape index (κ3) is 2.90. The number of aliphatic hydroxyl groups excluding tert-OH is 1. The van der Waals surface area contributed by atoms with Crippen molar-refractivity contribution in [3.8, 4) is 11.6 Å². The van der Waals surface area contributed by atoms with E-state index in [4.69, 9.17) is 9.47 Å². The highest BCUT2D eigenvalue weighted by atomic mass is 19.1. The van der Waals surface area contributed by atoms with Crippen molar-refractivity contribution in [2.24, 2.45) is 0 Å². The highest BCUT2D eigenvalue weighted by Gasteiger charge is 2.31. The first-order valence-electron chi connectivity index (χ1n) is 9.04. The van der Waals surface area contributed by atoms with E-state index in [1.54, 1.807) is 6.20 Å². The van der Waals surface area contributed by atoms with E-state index in [1.165, 1.54) is 16.8 Å². The molecule has 2 bridgehead atoms. The summed E-state index contributed by atoms with van der Waals surface area (Å²) in [5, 5.41) is 16.4. The van der Waals surface area contributed by atoms with Crippen molar-refractivity contribution < 1.29 is 23.8 Å². The number of carbonyl (C=O) groups is 1. The molecule has 150 valence electrons. The van der Waals surface area contributed by atoms with E-state index < -0.39 is 24.6 Å². The van der Waals surface area contributed by atoms with Gasteiger partial charge in [0.25, 0.3) is 5.91 Å². The maximum Gasteiger partial charge on any atom is 0.259 e. The molecule has 5 rings (SSSR count). The van der Waals surface area contributed by atoms with E-state index in [2.05, 4.69) is 20.4 Å². The summed E-state index contributed by atoms with van der Waals surface area (Å²) in [4.78, 5) is 23.3. The molecule has 2 aliphatic rings. The number of ether oxygens (including phenoxy) is 2. The lowest BCUT2D eigenvalue weighted by atomic mass is 10.1. The highest BCUT2D eigenvalue weighted by Crippen LogP contribution is 2.35. The molecule has 11 heteroatoms. The van der Waals surface area contributed by atoms with Crippen molar-refractivity contribution in [1.29, 1.82) is 0 Å². The number of nitrogens with one attached hydrogen (secondary N) is 1. The monoisotopic (exact) mass is 400 g/mol. The molecule has 2 aliphatic heterocycles. The van der Waals surface area contributed by atoms with Gasteiger partial charge in [0.05, 0.1) is 37.8 Å². The van der Waals surface area contributed by atoms with Crippen LogP contribution in [0.5, 0.6) is 11.6 Å². The Labute approximate surface area is 163 Å². The number of hydrogen-bond donors (Lipinski definition) is 2. The van der Waals surface area contributed by atoms with Gasteiger partial charge in [0.2, 0.25) is 5.88 Å². The van der Waals surface area contributed by atoms with Crippen LogP contribution in [0.3, 0.4) is 0 Å². The van der Waals surface area contributed by atoms with E-state index in [0.717, 1.165) is 6.20 Å². The van der Waals surface area contributed by atoms with Gasteiger partial charge in [-0.3, -0.25) is 4.79 Å². The maximum absolute atomic E-state index is 13.9. The number of anilines is 1. The molecule has 0 fully saturated rings. The van der Waals surface area contributed by atoms with Gasteiger partial charge in [-0.25, -0.2) is 18.9 Å². The van der Waals surface area contributed by atoms with E-state index in [1.807, 2.05) is 11.8 Å². The topological polar surface area (TPSA) is 114 Å². The smallest absolute Gasteiger partial charge is 0.259 e. The second-order valence-corrected chi connectivity index (χ2v) is 6.92. The van der Waals surface area contributed by atoms with Gasteiger partial charge < -0.3 is 24.8 Å². The molecule has 2 atom stereocenters. The molecule has 29 heavy (non-hydrogen) atoms. The summed E-state index contributed by atoms with van der Waals surface area (Å²) < 4.78 is 26.9. The Morgan fingerprint density at radius 2 is 2.28 bits per heavy atom. The Hall–Kier alpha value is -3.47. The first kappa shape index (κ1) is 17.6. The number of aliphatic hydroxyl groups is 1. The van der Waals surface area contributed by atoms with Gasteiger partial charge in [0.1, 0.15) is 18.0 Å². The summed E-state index contributed by atoms with van der Waals surface area (Å²) in [6, 6.07) is 1.24. The van der Waals surface area contributed by atoms with Gasteiger partial charge in [-0.15, -0.1) is 0 Å². The van der Waals surface area contributed by atoms with Gasteiger partial charge in [-0.05, 0) is 13.0 Å². The van der Waals surface area contributed by atoms with Crippen LogP contribution >= 0.6 is 0 Å². The fourth-order valence-corrected chi connectivity index (χ4v) is 3.44. The SMILES string of the molecule is C[C@@H]1COc2cn3ncc4c3nc2N1Cc1cc(F)cnc1O[C@H](CO)NC4=O. The molecule has 1 amide bonds. The largest absolute Gasteiger partial charge is 0.486 e. The molecule has 10 nitrogen and oxygen atoms in total.